The predicted molar refractivity (Wildman–Crippen MR) is 167 cm³/mol. The van der Waals surface area contributed by atoms with E-state index in [-0.39, 0.29) is 19.1 Å². The van der Waals surface area contributed by atoms with Gasteiger partial charge in [0.1, 0.15) is 12.6 Å². The van der Waals surface area contributed by atoms with E-state index in [4.69, 9.17) is 4.74 Å². The lowest BCUT2D eigenvalue weighted by Crippen LogP contribution is -2.54. The topological polar surface area (TPSA) is 87.7 Å². The molecule has 6 nitrogen and oxygen atoms in total. The highest BCUT2D eigenvalue weighted by Crippen LogP contribution is 2.44. The third-order valence-electron chi connectivity index (χ3n) is 8.13. The Morgan fingerprint density at radius 3 is 1.51 bits per heavy atom. The standard InChI is InChI=1S/C37H32N2O4/c40-35(41)34(39-36(42)43-25-33-31-22-12-10-20-29(31)30-21-11-13-23-32(30)33)24-38-37(26-14-4-1-5-15-26,27-16-6-2-7-17-27)28-18-8-3-9-19-28/h1-23,33-34,38H,24-25H2,(H,39,42)(H,40,41)/t34-/m0/s1. The van der Waals surface area contributed by atoms with Gasteiger partial charge in [0.05, 0.1) is 5.54 Å². The fourth-order valence-electron chi connectivity index (χ4n) is 6.11. The summed E-state index contributed by atoms with van der Waals surface area (Å²) in [5.41, 5.74) is 6.38. The Morgan fingerprint density at radius 1 is 0.651 bits per heavy atom. The molecule has 1 amide bonds. The van der Waals surface area contributed by atoms with Gasteiger partial charge >= 0.3 is 12.1 Å². The Kier molecular flexibility index (Phi) is 8.03. The molecule has 1 aliphatic carbocycles. The number of rotatable bonds is 10. The number of hydrogen-bond donors (Lipinski definition) is 3. The van der Waals surface area contributed by atoms with Crippen molar-refractivity contribution in [3.05, 3.63) is 167 Å². The average Bonchev–Trinajstić information content (AvgIpc) is 3.38. The Hall–Kier alpha value is -5.20. The van der Waals surface area contributed by atoms with Crippen molar-refractivity contribution < 1.29 is 19.4 Å². The summed E-state index contributed by atoms with van der Waals surface area (Å²) in [4.78, 5) is 25.5. The van der Waals surface area contributed by atoms with Crippen molar-refractivity contribution >= 4 is 12.1 Å². The zero-order valence-corrected chi connectivity index (χ0v) is 23.5. The molecule has 0 spiro atoms. The van der Waals surface area contributed by atoms with Crippen LogP contribution in [0.5, 0.6) is 0 Å². The van der Waals surface area contributed by atoms with Gasteiger partial charge in [-0.05, 0) is 38.9 Å². The number of alkyl carbamates (subject to hydrolysis) is 1. The van der Waals surface area contributed by atoms with Gasteiger partial charge in [-0.15, -0.1) is 0 Å². The minimum atomic E-state index is -1.24. The van der Waals surface area contributed by atoms with Crippen LogP contribution in [0.4, 0.5) is 4.79 Å². The maximum atomic E-state index is 13.0. The van der Waals surface area contributed by atoms with Gasteiger partial charge in [0, 0.05) is 12.5 Å². The zero-order chi connectivity index (χ0) is 29.6. The molecule has 1 aliphatic rings. The molecule has 0 aromatic heterocycles. The second-order valence-electron chi connectivity index (χ2n) is 10.6. The van der Waals surface area contributed by atoms with Crippen molar-refractivity contribution in [2.45, 2.75) is 17.5 Å². The van der Waals surface area contributed by atoms with Gasteiger partial charge in [0.25, 0.3) is 0 Å². The maximum absolute atomic E-state index is 13.0. The van der Waals surface area contributed by atoms with E-state index < -0.39 is 23.6 Å². The van der Waals surface area contributed by atoms with Gasteiger partial charge in [0.15, 0.2) is 0 Å². The van der Waals surface area contributed by atoms with Gasteiger partial charge in [0.2, 0.25) is 0 Å². The summed E-state index contributed by atoms with van der Waals surface area (Å²) in [6.07, 6.45) is -0.777. The van der Waals surface area contributed by atoms with Crippen LogP contribution in [0, 0.1) is 0 Å². The van der Waals surface area contributed by atoms with Crippen LogP contribution in [0.25, 0.3) is 11.1 Å². The van der Waals surface area contributed by atoms with Gasteiger partial charge in [-0.1, -0.05) is 140 Å². The van der Waals surface area contributed by atoms with Crippen LogP contribution in [0.2, 0.25) is 0 Å². The summed E-state index contributed by atoms with van der Waals surface area (Å²) in [5, 5.41) is 16.3. The first-order chi connectivity index (χ1) is 21.1. The molecule has 0 saturated heterocycles. The van der Waals surface area contributed by atoms with Crippen LogP contribution in [0.3, 0.4) is 0 Å². The highest BCUT2D eigenvalue weighted by Gasteiger charge is 2.37. The Balaban J connectivity index is 1.23. The van der Waals surface area contributed by atoms with E-state index >= 15 is 0 Å². The first kappa shape index (κ1) is 27.9. The lowest BCUT2D eigenvalue weighted by Gasteiger charge is -2.38. The average molecular weight is 569 g/mol. The number of amides is 1. The lowest BCUT2D eigenvalue weighted by molar-refractivity contribution is -0.139. The summed E-state index contributed by atoms with van der Waals surface area (Å²) in [6.45, 7) is 0.0415. The number of carboxylic acid groups (broad SMARTS) is 1. The molecule has 0 unspecified atom stereocenters. The smallest absolute Gasteiger partial charge is 0.407 e. The Labute approximate surface area is 251 Å². The van der Waals surface area contributed by atoms with E-state index in [9.17, 15) is 14.7 Å². The molecule has 5 aromatic carbocycles. The quantitative estimate of drug-likeness (QED) is 0.166. The molecular weight excluding hydrogens is 536 g/mol. The van der Waals surface area contributed by atoms with Crippen LogP contribution < -0.4 is 10.6 Å². The van der Waals surface area contributed by atoms with E-state index in [1.165, 1.54) is 0 Å². The Bertz CT molecular complexity index is 1570. The monoisotopic (exact) mass is 568 g/mol. The number of hydrogen-bond acceptors (Lipinski definition) is 4. The highest BCUT2D eigenvalue weighted by molar-refractivity contribution is 5.81. The predicted octanol–water partition coefficient (Wildman–Crippen LogP) is 6.56. The number of carboxylic acids is 1. The summed E-state index contributed by atoms with van der Waals surface area (Å²) in [7, 11) is 0. The largest absolute Gasteiger partial charge is 0.480 e. The lowest BCUT2D eigenvalue weighted by atomic mass is 9.77. The second kappa shape index (κ2) is 12.3. The molecule has 0 saturated carbocycles. The van der Waals surface area contributed by atoms with Crippen molar-refractivity contribution in [3.63, 3.8) is 0 Å². The maximum Gasteiger partial charge on any atom is 0.407 e. The third kappa shape index (κ3) is 5.53. The van der Waals surface area contributed by atoms with Crippen molar-refractivity contribution in [1.29, 1.82) is 0 Å². The van der Waals surface area contributed by atoms with Crippen molar-refractivity contribution in [3.8, 4) is 11.1 Å². The molecule has 6 rings (SSSR count). The second-order valence-corrected chi connectivity index (χ2v) is 10.6. The number of benzene rings is 5. The molecule has 6 heteroatoms. The summed E-state index contributed by atoms with van der Waals surface area (Å²) in [6, 6.07) is 44.6. The van der Waals surface area contributed by atoms with Crippen molar-refractivity contribution in [1.82, 2.24) is 10.6 Å². The van der Waals surface area contributed by atoms with Gasteiger partial charge in [-0.2, -0.15) is 0 Å². The van der Waals surface area contributed by atoms with Crippen LogP contribution in [-0.4, -0.2) is 36.4 Å². The molecule has 214 valence electrons. The van der Waals surface area contributed by atoms with Crippen molar-refractivity contribution in [2.24, 2.45) is 0 Å². The van der Waals surface area contributed by atoms with Crippen LogP contribution in [-0.2, 0) is 15.1 Å². The summed E-state index contributed by atoms with van der Waals surface area (Å²) >= 11 is 0. The first-order valence-corrected chi connectivity index (χ1v) is 14.3. The SMILES string of the molecule is O=C(N[C@@H](CNC(c1ccccc1)(c1ccccc1)c1ccccc1)C(=O)O)OCC1c2ccccc2-c2ccccc21. The number of carbonyl (C=O) groups is 2. The minimum Gasteiger partial charge on any atom is -0.480 e. The van der Waals surface area contributed by atoms with E-state index in [2.05, 4.69) is 22.8 Å². The van der Waals surface area contributed by atoms with Gasteiger partial charge < -0.3 is 15.2 Å². The van der Waals surface area contributed by atoms with E-state index in [1.807, 2.05) is 127 Å². The fourth-order valence-corrected chi connectivity index (χ4v) is 6.11. The number of nitrogens with one attached hydrogen (secondary N) is 2. The van der Waals surface area contributed by atoms with Crippen molar-refractivity contribution in [2.75, 3.05) is 13.2 Å². The number of fused-ring (bicyclic) bond motifs is 3. The summed E-state index contributed by atoms with van der Waals surface area (Å²) in [5.74, 6) is -1.29. The molecule has 0 heterocycles. The first-order valence-electron chi connectivity index (χ1n) is 14.3. The zero-order valence-electron chi connectivity index (χ0n) is 23.5. The van der Waals surface area contributed by atoms with Crippen LogP contribution >= 0.6 is 0 Å². The molecule has 5 aromatic rings. The van der Waals surface area contributed by atoms with Crippen LogP contribution in [0.1, 0.15) is 33.7 Å². The normalized spacial score (nSPS) is 13.0. The molecule has 43 heavy (non-hydrogen) atoms. The number of ether oxygens (including phenoxy) is 1. The number of carbonyl (C=O) groups excluding carboxylic acids is 1. The number of aliphatic carboxylic acids is 1. The van der Waals surface area contributed by atoms with Crippen LogP contribution in [0.15, 0.2) is 140 Å². The molecule has 0 bridgehead atoms. The summed E-state index contributed by atoms with van der Waals surface area (Å²) < 4.78 is 5.67. The molecule has 1 atom stereocenters. The third-order valence-corrected chi connectivity index (χ3v) is 8.13. The van der Waals surface area contributed by atoms with Gasteiger partial charge in [-0.25, -0.2) is 9.59 Å². The van der Waals surface area contributed by atoms with E-state index in [0.717, 1.165) is 38.9 Å². The molecular formula is C37H32N2O4. The Morgan fingerprint density at radius 2 is 1.07 bits per heavy atom. The van der Waals surface area contributed by atoms with E-state index in [0.29, 0.717) is 0 Å². The molecule has 3 N–H and O–H groups in total. The molecule has 0 aliphatic heterocycles. The fraction of sp³-hybridized carbons (Fsp3) is 0.135. The highest BCUT2D eigenvalue weighted by atomic mass is 16.5. The van der Waals surface area contributed by atoms with Gasteiger partial charge in [-0.3, -0.25) is 5.32 Å². The molecule has 0 fully saturated rings. The minimum absolute atomic E-state index is 0.0573. The molecule has 0 radical (unpaired) electrons. The van der Waals surface area contributed by atoms with E-state index in [1.54, 1.807) is 0 Å².